The quantitative estimate of drug-likeness (QED) is 0.492. The summed E-state index contributed by atoms with van der Waals surface area (Å²) < 4.78 is 0. The topological polar surface area (TPSA) is 28.1 Å². The minimum Gasteiger partial charge on any atom is -0.238 e. The first-order chi connectivity index (χ1) is 4.86. The third-order valence-electron chi connectivity index (χ3n) is 1.13. The number of nitriles is 1. The molecule has 46 valence electrons. The molecule has 10 heavy (non-hydrogen) atoms. The van der Waals surface area contributed by atoms with Crippen molar-refractivity contribution in [3.8, 4) is 6.07 Å². The van der Waals surface area contributed by atoms with E-state index in [1.54, 1.807) is 24.3 Å². The normalized spacial score (nSPS) is 7.80. The van der Waals surface area contributed by atoms with E-state index in [1.807, 2.05) is 6.07 Å². The lowest BCUT2D eigenvalue weighted by Crippen LogP contribution is -1.68. The molecule has 1 aromatic carbocycles. The smallest absolute Gasteiger partial charge is 0.187 e. The van der Waals surface area contributed by atoms with Crippen LogP contribution in [0.5, 0.6) is 0 Å². The first kappa shape index (κ1) is 6.32. The highest BCUT2D eigenvalue weighted by Gasteiger charge is 1.88. The van der Waals surface area contributed by atoms with Crippen LogP contribution in [0.25, 0.3) is 4.85 Å². The van der Waals surface area contributed by atoms with Crippen LogP contribution in [0.4, 0.5) is 5.69 Å². The zero-order valence-corrected chi connectivity index (χ0v) is 5.20. The average molecular weight is 128 g/mol. The molecule has 0 aliphatic rings. The monoisotopic (exact) mass is 128 g/mol. The molecule has 0 heterocycles. The summed E-state index contributed by atoms with van der Waals surface area (Å²) in [6.45, 7) is 6.61. The van der Waals surface area contributed by atoms with Gasteiger partial charge in [-0.2, -0.15) is 5.26 Å². The highest BCUT2D eigenvalue weighted by atomic mass is 14.6. The predicted molar refractivity (Wildman–Crippen MR) is 37.4 cm³/mol. The van der Waals surface area contributed by atoms with Crippen LogP contribution in [0.1, 0.15) is 5.56 Å². The summed E-state index contributed by atoms with van der Waals surface area (Å²) in [5.74, 6) is 0. The Morgan fingerprint density at radius 1 is 1.30 bits per heavy atom. The van der Waals surface area contributed by atoms with Crippen LogP contribution < -0.4 is 0 Å². The lowest BCUT2D eigenvalue weighted by atomic mass is 10.2. The molecule has 1 aromatic rings. The Bertz CT molecular complexity index is 265. The van der Waals surface area contributed by atoms with E-state index in [0.29, 0.717) is 11.3 Å². The molecule has 1 rings (SSSR count). The average Bonchev–Trinajstić information content (AvgIpc) is 2.05. The van der Waals surface area contributed by atoms with E-state index in [0.717, 1.165) is 0 Å². The Kier molecular flexibility index (Phi) is 1.68. The van der Waals surface area contributed by atoms with Gasteiger partial charge in [0.25, 0.3) is 0 Å². The van der Waals surface area contributed by atoms with Gasteiger partial charge in [-0.05, 0) is 0 Å². The third-order valence-corrected chi connectivity index (χ3v) is 1.13. The van der Waals surface area contributed by atoms with Gasteiger partial charge in [-0.15, -0.1) is 0 Å². The molecule has 0 saturated carbocycles. The second kappa shape index (κ2) is 2.66. The summed E-state index contributed by atoms with van der Waals surface area (Å²) in [7, 11) is 0. The number of hydrogen-bond donors (Lipinski definition) is 0. The van der Waals surface area contributed by atoms with Crippen molar-refractivity contribution in [3.63, 3.8) is 0 Å². The van der Waals surface area contributed by atoms with Crippen LogP contribution in [0.15, 0.2) is 24.3 Å². The lowest BCUT2D eigenvalue weighted by Gasteiger charge is -1.86. The van der Waals surface area contributed by atoms with Gasteiger partial charge in [-0.1, -0.05) is 24.3 Å². The van der Waals surface area contributed by atoms with Gasteiger partial charge in [0.1, 0.15) is 0 Å². The van der Waals surface area contributed by atoms with Crippen molar-refractivity contribution in [2.45, 2.75) is 0 Å². The zero-order valence-electron chi connectivity index (χ0n) is 5.20. The minimum atomic E-state index is 0.569. The van der Waals surface area contributed by atoms with E-state index in [2.05, 4.69) is 4.85 Å². The highest BCUT2D eigenvalue weighted by molar-refractivity contribution is 5.47. The maximum Gasteiger partial charge on any atom is 0.187 e. The SMILES string of the molecule is [C-]#[N+]c1ccc(C#N)cc1. The Morgan fingerprint density at radius 2 is 1.90 bits per heavy atom. The minimum absolute atomic E-state index is 0.569. The van der Waals surface area contributed by atoms with Crippen molar-refractivity contribution in [2.75, 3.05) is 0 Å². The largest absolute Gasteiger partial charge is 0.238 e. The van der Waals surface area contributed by atoms with Crippen LogP contribution in [-0.2, 0) is 0 Å². The van der Waals surface area contributed by atoms with Crippen molar-refractivity contribution in [3.05, 3.63) is 41.2 Å². The number of hydrogen-bond acceptors (Lipinski definition) is 1. The zero-order chi connectivity index (χ0) is 7.40. The Labute approximate surface area is 59.2 Å². The van der Waals surface area contributed by atoms with E-state index < -0.39 is 0 Å². The van der Waals surface area contributed by atoms with Crippen LogP contribution in [0.2, 0.25) is 0 Å². The van der Waals surface area contributed by atoms with Crippen LogP contribution in [0.3, 0.4) is 0 Å². The van der Waals surface area contributed by atoms with Gasteiger partial charge in [-0.3, -0.25) is 0 Å². The molecule has 0 radical (unpaired) electrons. The van der Waals surface area contributed by atoms with E-state index in [9.17, 15) is 0 Å². The van der Waals surface area contributed by atoms with Crippen molar-refractivity contribution in [1.82, 2.24) is 0 Å². The molecule has 0 aromatic heterocycles. The molecule has 0 aliphatic heterocycles. The molecule has 0 spiro atoms. The van der Waals surface area contributed by atoms with E-state index in [4.69, 9.17) is 11.8 Å². The van der Waals surface area contributed by atoms with E-state index in [-0.39, 0.29) is 0 Å². The molecular formula is C8H4N2. The Morgan fingerprint density at radius 3 is 2.30 bits per heavy atom. The van der Waals surface area contributed by atoms with Gasteiger partial charge in [0.05, 0.1) is 12.6 Å². The summed E-state index contributed by atoms with van der Waals surface area (Å²) in [6, 6.07) is 8.50. The molecule has 0 bridgehead atoms. The van der Waals surface area contributed by atoms with Crippen LogP contribution in [-0.4, -0.2) is 0 Å². The molecule has 2 heteroatoms. The van der Waals surface area contributed by atoms with E-state index >= 15 is 0 Å². The second-order valence-corrected chi connectivity index (χ2v) is 1.77. The fraction of sp³-hybridized carbons (Fsp3) is 0. The first-order valence-electron chi connectivity index (χ1n) is 2.74. The molecule has 0 fully saturated rings. The third kappa shape index (κ3) is 1.13. The fourth-order valence-electron chi connectivity index (χ4n) is 0.611. The van der Waals surface area contributed by atoms with Crippen molar-refractivity contribution in [2.24, 2.45) is 0 Å². The van der Waals surface area contributed by atoms with E-state index in [1.165, 1.54) is 0 Å². The molecule has 0 amide bonds. The maximum atomic E-state index is 8.37. The van der Waals surface area contributed by atoms with Gasteiger partial charge < -0.3 is 0 Å². The second-order valence-electron chi connectivity index (χ2n) is 1.77. The Balaban J connectivity index is 3.08. The summed E-state index contributed by atoms with van der Waals surface area (Å²) in [6.07, 6.45) is 0. The summed E-state index contributed by atoms with van der Waals surface area (Å²) in [4.78, 5) is 3.19. The van der Waals surface area contributed by atoms with Crippen molar-refractivity contribution >= 4 is 5.69 Å². The highest BCUT2D eigenvalue weighted by Crippen LogP contribution is 2.11. The Hall–Kier alpha value is -1.80. The summed E-state index contributed by atoms with van der Waals surface area (Å²) in [5.41, 5.74) is 1.16. The van der Waals surface area contributed by atoms with Crippen molar-refractivity contribution < 1.29 is 0 Å². The van der Waals surface area contributed by atoms with Crippen molar-refractivity contribution in [1.29, 1.82) is 5.26 Å². The molecular weight excluding hydrogens is 124 g/mol. The van der Waals surface area contributed by atoms with Crippen LogP contribution >= 0.6 is 0 Å². The maximum absolute atomic E-state index is 8.37. The summed E-state index contributed by atoms with van der Waals surface area (Å²) in [5, 5.41) is 8.37. The fourth-order valence-corrected chi connectivity index (χ4v) is 0.611. The number of nitrogens with zero attached hydrogens (tertiary/aromatic N) is 2. The summed E-state index contributed by atoms with van der Waals surface area (Å²) >= 11 is 0. The molecule has 0 saturated heterocycles. The standard InChI is InChI=1S/C8H4N2/c1-10-8-4-2-7(6-9)3-5-8/h2-5H. The van der Waals surface area contributed by atoms with Gasteiger partial charge in [0, 0.05) is 5.56 Å². The molecule has 0 atom stereocenters. The number of benzene rings is 1. The predicted octanol–water partition coefficient (Wildman–Crippen LogP) is 2.11. The lowest BCUT2D eigenvalue weighted by molar-refractivity contribution is 1.49. The van der Waals surface area contributed by atoms with Gasteiger partial charge in [-0.25, -0.2) is 4.85 Å². The molecule has 0 N–H and O–H groups in total. The van der Waals surface area contributed by atoms with Crippen LogP contribution in [0, 0.1) is 17.9 Å². The first-order valence-corrected chi connectivity index (χ1v) is 2.74. The van der Waals surface area contributed by atoms with Gasteiger partial charge >= 0.3 is 0 Å². The molecule has 0 unspecified atom stereocenters. The molecule has 0 aliphatic carbocycles. The van der Waals surface area contributed by atoms with Gasteiger partial charge in [0.2, 0.25) is 0 Å². The number of rotatable bonds is 0. The molecule has 2 nitrogen and oxygen atoms in total. The van der Waals surface area contributed by atoms with Gasteiger partial charge in [0.15, 0.2) is 5.69 Å².